The predicted octanol–water partition coefficient (Wildman–Crippen LogP) is 6.60. The minimum absolute atomic E-state index is 0.400. The summed E-state index contributed by atoms with van der Waals surface area (Å²) >= 11 is 6.58. The Labute approximate surface area is 196 Å². The van der Waals surface area contributed by atoms with Gasteiger partial charge in [0, 0.05) is 8.95 Å². The number of alkyl halides is 7. The van der Waals surface area contributed by atoms with Crippen LogP contribution in [0.2, 0.25) is 0 Å². The molecule has 1 aliphatic carbocycles. The lowest BCUT2D eigenvalue weighted by Crippen LogP contribution is -2.58. The Morgan fingerprint density at radius 2 is 1.59 bits per heavy atom. The maximum atomic E-state index is 13.8. The van der Waals surface area contributed by atoms with E-state index in [2.05, 4.69) is 37.2 Å². The maximum Gasteiger partial charge on any atom is 0.459 e. The molecule has 0 aromatic heterocycles. The Kier molecular flexibility index (Phi) is 7.68. The second kappa shape index (κ2) is 9.13. The molecule has 0 fully saturated rings. The Morgan fingerprint density at radius 3 is 2.12 bits per heavy atom. The van der Waals surface area contributed by atoms with Crippen LogP contribution >= 0.6 is 31.9 Å². The Morgan fingerprint density at radius 1 is 1.03 bits per heavy atom. The van der Waals surface area contributed by atoms with E-state index in [4.69, 9.17) is 4.74 Å². The second-order valence-electron chi connectivity index (χ2n) is 8.06. The monoisotopic (exact) mass is 598 g/mol. The summed E-state index contributed by atoms with van der Waals surface area (Å²) in [6, 6.07) is 0.868. The average molecular weight is 600 g/mol. The van der Waals surface area contributed by atoms with Crippen molar-refractivity contribution in [1.82, 2.24) is 10.6 Å². The van der Waals surface area contributed by atoms with Gasteiger partial charge >= 0.3 is 24.1 Å². The minimum Gasteiger partial charge on any atom is -0.444 e. The van der Waals surface area contributed by atoms with Crippen molar-refractivity contribution >= 4 is 44.0 Å². The molecular formula is C19H19Br2F7N2O2. The molecule has 0 radical (unpaired) electrons. The van der Waals surface area contributed by atoms with Crippen molar-refractivity contribution in [3.05, 3.63) is 38.3 Å². The van der Waals surface area contributed by atoms with Gasteiger partial charge in [-0.3, -0.25) is 0 Å². The zero-order valence-corrected chi connectivity index (χ0v) is 20.1. The summed E-state index contributed by atoms with van der Waals surface area (Å²) in [4.78, 5) is 12.3. The molecule has 1 aliphatic rings. The lowest BCUT2D eigenvalue weighted by molar-refractivity contribution is -0.352. The summed E-state index contributed by atoms with van der Waals surface area (Å²) in [6.45, 7) is 2.77. The molecule has 0 unspecified atom stereocenters. The van der Waals surface area contributed by atoms with Gasteiger partial charge in [-0.1, -0.05) is 12.2 Å². The molecule has 0 saturated heterocycles. The first kappa shape index (κ1) is 26.9. The van der Waals surface area contributed by atoms with Crippen LogP contribution in [-0.2, 0) is 4.74 Å². The molecule has 2 rings (SSSR count). The van der Waals surface area contributed by atoms with E-state index < -0.39 is 48.3 Å². The molecule has 13 heteroatoms. The van der Waals surface area contributed by atoms with Crippen molar-refractivity contribution in [3.63, 3.8) is 0 Å². The molecule has 2 atom stereocenters. The zero-order chi connectivity index (χ0) is 24.7. The summed E-state index contributed by atoms with van der Waals surface area (Å²) in [7, 11) is 0. The van der Waals surface area contributed by atoms with Gasteiger partial charge in [-0.25, -0.2) is 4.79 Å². The van der Waals surface area contributed by atoms with Crippen molar-refractivity contribution in [2.45, 2.75) is 56.5 Å². The molecule has 0 spiro atoms. The summed E-state index contributed by atoms with van der Waals surface area (Å²) < 4.78 is 97.7. The fourth-order valence-electron chi connectivity index (χ4n) is 2.86. The molecule has 0 saturated carbocycles. The number of halogens is 9. The van der Waals surface area contributed by atoms with Gasteiger partial charge in [-0.15, -0.1) is 0 Å². The third-order valence-corrected chi connectivity index (χ3v) is 6.19. The number of carbonyl (C=O) groups is 1. The minimum atomic E-state index is -6.43. The molecule has 1 aromatic carbocycles. The van der Waals surface area contributed by atoms with Crippen LogP contribution in [0.4, 0.5) is 35.5 Å². The number of hydrogen-bond donors (Lipinski definition) is 2. The summed E-state index contributed by atoms with van der Waals surface area (Å²) in [5, 5.41) is 4.49. The van der Waals surface area contributed by atoms with E-state index in [1.165, 1.54) is 12.2 Å². The highest BCUT2D eigenvalue weighted by atomic mass is 79.9. The summed E-state index contributed by atoms with van der Waals surface area (Å²) in [6.07, 6.45) is -4.61. The van der Waals surface area contributed by atoms with E-state index in [9.17, 15) is 35.5 Å². The van der Waals surface area contributed by atoms with Crippen molar-refractivity contribution < 1.29 is 40.3 Å². The standard InChI is InChI=1S/C19H19Br2F7N2O2/c1-16(2,3)32-15(31)30-14-10-7-12(21)11(20)6-9(10)4-5-13(14)29-8-17(22,23)18(24,25)19(26,27)28/h4-7,13-14,29H,8H2,1-3H3,(H,30,31)/t13-,14-/m0/s1. The number of alkyl carbamates (subject to hydrolysis) is 1. The number of ether oxygens (including phenoxy) is 1. The second-order valence-corrected chi connectivity index (χ2v) is 9.77. The molecule has 0 aliphatic heterocycles. The van der Waals surface area contributed by atoms with E-state index in [0.29, 0.717) is 20.1 Å². The van der Waals surface area contributed by atoms with Crippen LogP contribution in [-0.4, -0.2) is 42.3 Å². The van der Waals surface area contributed by atoms with Crippen LogP contribution in [0.1, 0.15) is 37.9 Å². The number of amides is 1. The van der Waals surface area contributed by atoms with E-state index in [1.54, 1.807) is 32.9 Å². The third kappa shape index (κ3) is 5.96. The van der Waals surface area contributed by atoms with Crippen LogP contribution in [0.5, 0.6) is 0 Å². The van der Waals surface area contributed by atoms with Gasteiger partial charge < -0.3 is 15.4 Å². The molecule has 1 aromatic rings. The van der Waals surface area contributed by atoms with Crippen LogP contribution in [0.15, 0.2) is 27.2 Å². The number of benzene rings is 1. The van der Waals surface area contributed by atoms with E-state index >= 15 is 0 Å². The van der Waals surface area contributed by atoms with E-state index in [0.717, 1.165) is 0 Å². The van der Waals surface area contributed by atoms with Gasteiger partial charge in [-0.2, -0.15) is 30.7 Å². The smallest absolute Gasteiger partial charge is 0.444 e. The highest BCUT2D eigenvalue weighted by Gasteiger charge is 2.72. The van der Waals surface area contributed by atoms with Gasteiger partial charge in [0.25, 0.3) is 0 Å². The van der Waals surface area contributed by atoms with Crippen molar-refractivity contribution in [2.75, 3.05) is 6.54 Å². The van der Waals surface area contributed by atoms with Gasteiger partial charge in [0.15, 0.2) is 0 Å². The lowest BCUT2D eigenvalue weighted by atomic mass is 9.89. The fraction of sp³-hybridized carbons (Fsp3) is 0.526. The van der Waals surface area contributed by atoms with Gasteiger partial charge in [-0.05, 0) is 75.9 Å². The topological polar surface area (TPSA) is 50.4 Å². The summed E-state index contributed by atoms with van der Waals surface area (Å²) in [5.74, 6) is -11.7. The third-order valence-electron chi connectivity index (χ3n) is 4.35. The molecule has 180 valence electrons. The molecule has 0 heterocycles. The van der Waals surface area contributed by atoms with Gasteiger partial charge in [0.2, 0.25) is 0 Å². The first-order chi connectivity index (χ1) is 14.4. The molecular weight excluding hydrogens is 581 g/mol. The highest BCUT2D eigenvalue weighted by Crippen LogP contribution is 2.46. The van der Waals surface area contributed by atoms with Crippen LogP contribution < -0.4 is 10.6 Å². The number of rotatable bonds is 5. The Bertz CT molecular complexity index is 899. The van der Waals surface area contributed by atoms with E-state index in [-0.39, 0.29) is 0 Å². The lowest BCUT2D eigenvalue weighted by Gasteiger charge is -2.34. The predicted molar refractivity (Wildman–Crippen MR) is 111 cm³/mol. The van der Waals surface area contributed by atoms with Crippen molar-refractivity contribution in [2.24, 2.45) is 0 Å². The van der Waals surface area contributed by atoms with Gasteiger partial charge in [0.05, 0.1) is 18.6 Å². The van der Waals surface area contributed by atoms with Crippen LogP contribution in [0.25, 0.3) is 6.08 Å². The van der Waals surface area contributed by atoms with Crippen molar-refractivity contribution in [1.29, 1.82) is 0 Å². The molecule has 0 bridgehead atoms. The van der Waals surface area contributed by atoms with Crippen molar-refractivity contribution in [3.8, 4) is 0 Å². The number of nitrogens with one attached hydrogen (secondary N) is 2. The SMILES string of the molecule is CC(C)(C)OC(=O)N[C@H]1c2cc(Br)c(Br)cc2C=C[C@@H]1NCC(F)(F)C(F)(F)C(F)(F)F. The normalized spacial score (nSPS) is 19.5. The van der Waals surface area contributed by atoms with Crippen LogP contribution in [0, 0.1) is 0 Å². The number of carbonyl (C=O) groups excluding carboxylic acids is 1. The quantitative estimate of drug-likeness (QED) is 0.375. The molecule has 1 amide bonds. The largest absolute Gasteiger partial charge is 0.459 e. The first-order valence-corrected chi connectivity index (χ1v) is 10.7. The average Bonchev–Trinajstić information content (AvgIpc) is 2.59. The molecule has 2 N–H and O–H groups in total. The summed E-state index contributed by atoms with van der Waals surface area (Å²) in [5.41, 5.74) is 0.0611. The fourth-order valence-corrected chi connectivity index (χ4v) is 3.58. The number of hydrogen-bond acceptors (Lipinski definition) is 3. The van der Waals surface area contributed by atoms with E-state index in [1.807, 2.05) is 5.32 Å². The number of fused-ring (bicyclic) bond motifs is 1. The zero-order valence-electron chi connectivity index (χ0n) is 16.9. The Balaban J connectivity index is 2.34. The molecule has 32 heavy (non-hydrogen) atoms. The first-order valence-electron chi connectivity index (χ1n) is 9.08. The Hall–Kier alpha value is -1.34. The van der Waals surface area contributed by atoms with Gasteiger partial charge in [0.1, 0.15) is 5.60 Å². The molecule has 4 nitrogen and oxygen atoms in total. The highest BCUT2D eigenvalue weighted by molar-refractivity contribution is 9.13. The maximum absolute atomic E-state index is 13.8. The van der Waals surface area contributed by atoms with Crippen LogP contribution in [0.3, 0.4) is 0 Å².